The van der Waals surface area contributed by atoms with Gasteiger partial charge in [0.2, 0.25) is 0 Å². The molecule has 1 aliphatic heterocycles. The molecule has 3 heterocycles. The van der Waals surface area contributed by atoms with Gasteiger partial charge >= 0.3 is 6.01 Å². The molecule has 1 saturated heterocycles. The molecular weight excluding hydrogens is 383 g/mol. The molecule has 4 rings (SSSR count). The van der Waals surface area contributed by atoms with Crippen LogP contribution in [0.2, 0.25) is 10.0 Å². The Labute approximate surface area is 157 Å². The van der Waals surface area contributed by atoms with E-state index < -0.39 is 12.5 Å². The van der Waals surface area contributed by atoms with Gasteiger partial charge < -0.3 is 14.5 Å². The van der Waals surface area contributed by atoms with Gasteiger partial charge in [0.25, 0.3) is 11.8 Å². The predicted octanol–water partition coefficient (Wildman–Crippen LogP) is 1.65. The van der Waals surface area contributed by atoms with E-state index in [-0.39, 0.29) is 17.8 Å². The molecule has 3 aromatic rings. The third-order valence-electron chi connectivity index (χ3n) is 4.16. The number of fused-ring (bicyclic) bond motifs is 1. The van der Waals surface area contributed by atoms with Crippen LogP contribution in [0.3, 0.4) is 0 Å². The summed E-state index contributed by atoms with van der Waals surface area (Å²) >= 11 is 12.5. The van der Waals surface area contributed by atoms with Crippen LogP contribution in [0.15, 0.2) is 16.5 Å². The van der Waals surface area contributed by atoms with Gasteiger partial charge in [-0.3, -0.25) is 21.0 Å². The second-order valence-corrected chi connectivity index (χ2v) is 6.56. The summed E-state index contributed by atoms with van der Waals surface area (Å²) in [4.78, 5) is 14.5. The summed E-state index contributed by atoms with van der Waals surface area (Å²) in [5.74, 6) is -0.307. The summed E-state index contributed by atoms with van der Waals surface area (Å²) in [7, 11) is 0. The molecule has 2 aromatic heterocycles. The highest BCUT2D eigenvalue weighted by Crippen LogP contribution is 2.40. The first-order valence-corrected chi connectivity index (χ1v) is 8.54. The summed E-state index contributed by atoms with van der Waals surface area (Å²) in [6.45, 7) is 0.744. The Morgan fingerprint density at radius 2 is 2.08 bits per heavy atom. The lowest BCUT2D eigenvalue weighted by Gasteiger charge is -2.08. The maximum absolute atomic E-state index is 11.3. The van der Waals surface area contributed by atoms with E-state index in [1.54, 1.807) is 6.07 Å². The molecule has 1 fully saturated rings. The zero-order valence-corrected chi connectivity index (χ0v) is 14.8. The molecule has 136 valence electrons. The number of nitrogens with one attached hydrogen (secondary N) is 4. The number of rotatable bonds is 4. The van der Waals surface area contributed by atoms with E-state index in [4.69, 9.17) is 32.7 Å². The first-order valence-electron chi connectivity index (χ1n) is 7.78. The second kappa shape index (κ2) is 6.86. The highest BCUT2D eigenvalue weighted by Gasteiger charge is 2.28. The quantitative estimate of drug-likeness (QED) is 0.453. The smallest absolute Gasteiger partial charge is 0.322 e. The van der Waals surface area contributed by atoms with Crippen molar-refractivity contribution < 1.29 is 14.3 Å². The van der Waals surface area contributed by atoms with E-state index in [0.29, 0.717) is 34.3 Å². The largest absolute Gasteiger partial charge is 0.401 e. The maximum Gasteiger partial charge on any atom is 0.322 e. The third kappa shape index (κ3) is 2.93. The van der Waals surface area contributed by atoms with Gasteiger partial charge in [0, 0.05) is 24.4 Å². The number of aliphatic hydroxyl groups excluding tert-OH is 1. The molecule has 1 aliphatic rings. The van der Waals surface area contributed by atoms with E-state index in [1.165, 1.54) is 0 Å². The van der Waals surface area contributed by atoms with Gasteiger partial charge in [0.15, 0.2) is 0 Å². The maximum atomic E-state index is 11.3. The van der Waals surface area contributed by atoms with Crippen LogP contribution in [0.4, 0.5) is 6.01 Å². The molecule has 5 N–H and O–H groups in total. The van der Waals surface area contributed by atoms with Crippen LogP contribution in [-0.2, 0) is 4.79 Å². The van der Waals surface area contributed by atoms with Crippen molar-refractivity contribution in [3.63, 3.8) is 0 Å². The van der Waals surface area contributed by atoms with Crippen molar-refractivity contribution in [2.75, 3.05) is 25.0 Å². The monoisotopic (exact) mass is 396 g/mol. The van der Waals surface area contributed by atoms with E-state index in [2.05, 4.69) is 31.3 Å². The van der Waals surface area contributed by atoms with E-state index in [0.717, 1.165) is 10.9 Å². The van der Waals surface area contributed by atoms with Crippen molar-refractivity contribution in [3.8, 4) is 11.6 Å². The average Bonchev–Trinajstić information content (AvgIpc) is 3.36. The Hall–Kier alpha value is -2.17. The van der Waals surface area contributed by atoms with Gasteiger partial charge in [-0.2, -0.15) is 0 Å². The van der Waals surface area contributed by atoms with Crippen molar-refractivity contribution >= 4 is 46.0 Å². The van der Waals surface area contributed by atoms with Crippen molar-refractivity contribution in [2.45, 2.75) is 5.92 Å². The number of aromatic nitrogens is 3. The van der Waals surface area contributed by atoms with Crippen LogP contribution in [-0.4, -0.2) is 45.9 Å². The minimum Gasteiger partial charge on any atom is -0.401 e. The van der Waals surface area contributed by atoms with Gasteiger partial charge in [-0.15, -0.1) is 5.10 Å². The first kappa shape index (κ1) is 17.3. The number of H-pyrrole nitrogens is 1. The number of carbonyl (C=O) groups is 1. The molecule has 0 spiro atoms. The number of amides is 1. The number of hydrazine groups is 1. The number of halogens is 2. The molecule has 0 aliphatic carbocycles. The van der Waals surface area contributed by atoms with E-state index in [1.807, 2.05) is 6.07 Å². The number of aromatic amines is 1. The lowest BCUT2D eigenvalue weighted by molar-refractivity contribution is -0.118. The van der Waals surface area contributed by atoms with Crippen LogP contribution in [0.1, 0.15) is 11.5 Å². The SMILES string of the molecule is O=C(CO)Nc1nnc(-c2[nH]c3c(Cl)c(Cl)ccc3c2C2CNNC2)o1. The molecule has 0 radical (unpaired) electrons. The third-order valence-corrected chi connectivity index (χ3v) is 4.97. The highest BCUT2D eigenvalue weighted by atomic mass is 35.5. The normalized spacial score (nSPS) is 15.0. The number of nitrogens with zero attached hydrogens (tertiary/aromatic N) is 2. The Balaban J connectivity index is 1.84. The Bertz CT molecular complexity index is 979. The summed E-state index contributed by atoms with van der Waals surface area (Å²) in [6.07, 6.45) is 0. The fraction of sp³-hybridized carbons (Fsp3) is 0.267. The van der Waals surface area contributed by atoms with Crippen LogP contribution in [0.25, 0.3) is 22.5 Å². The first-order chi connectivity index (χ1) is 12.6. The lowest BCUT2D eigenvalue weighted by Crippen LogP contribution is -2.21. The van der Waals surface area contributed by atoms with Gasteiger partial charge in [-0.1, -0.05) is 34.4 Å². The van der Waals surface area contributed by atoms with Crippen molar-refractivity contribution in [3.05, 3.63) is 27.7 Å². The molecule has 1 aromatic carbocycles. The number of carbonyl (C=O) groups excluding carboxylic acids is 1. The summed E-state index contributed by atoms with van der Waals surface area (Å²) in [6, 6.07) is 3.53. The molecule has 9 nitrogen and oxygen atoms in total. The fourth-order valence-corrected chi connectivity index (χ4v) is 3.39. The number of hydrogen-bond donors (Lipinski definition) is 5. The van der Waals surface area contributed by atoms with Crippen molar-refractivity contribution in [1.29, 1.82) is 0 Å². The number of benzene rings is 1. The molecule has 0 unspecified atom stereocenters. The standard InChI is InChI=1S/C15H14Cl2N6O3/c16-8-2-1-7-10(6-3-18-19-4-6)13(21-12(7)11(8)17)14-22-23-15(26-14)20-9(25)5-24/h1-2,6,18-19,21,24H,3-5H2,(H,20,23,25). The van der Waals surface area contributed by atoms with Gasteiger partial charge in [-0.05, 0) is 11.6 Å². The van der Waals surface area contributed by atoms with Crippen LogP contribution in [0.5, 0.6) is 0 Å². The molecule has 11 heteroatoms. The van der Waals surface area contributed by atoms with Crippen LogP contribution >= 0.6 is 23.2 Å². The Kier molecular flexibility index (Phi) is 4.55. The molecule has 0 saturated carbocycles. The summed E-state index contributed by atoms with van der Waals surface area (Å²) in [5, 5.41) is 20.6. The number of anilines is 1. The molecule has 1 amide bonds. The molecule has 0 bridgehead atoms. The molecular formula is C15H14Cl2N6O3. The average molecular weight is 397 g/mol. The summed E-state index contributed by atoms with van der Waals surface area (Å²) < 4.78 is 5.53. The van der Waals surface area contributed by atoms with Gasteiger partial charge in [0.1, 0.15) is 12.3 Å². The predicted molar refractivity (Wildman–Crippen MR) is 96.1 cm³/mol. The zero-order valence-electron chi connectivity index (χ0n) is 13.3. The minimum atomic E-state index is -0.678. The summed E-state index contributed by atoms with van der Waals surface area (Å²) in [5.41, 5.74) is 8.43. The minimum absolute atomic E-state index is 0.101. The van der Waals surface area contributed by atoms with Crippen molar-refractivity contribution in [1.82, 2.24) is 26.0 Å². The second-order valence-electron chi connectivity index (χ2n) is 5.77. The highest BCUT2D eigenvalue weighted by molar-refractivity contribution is 6.45. The number of aliphatic hydroxyl groups is 1. The lowest BCUT2D eigenvalue weighted by atomic mass is 9.96. The topological polar surface area (TPSA) is 128 Å². The Morgan fingerprint density at radius 1 is 1.31 bits per heavy atom. The number of hydrogen-bond acceptors (Lipinski definition) is 7. The van der Waals surface area contributed by atoms with Gasteiger partial charge in [-0.25, -0.2) is 0 Å². The molecule has 0 atom stereocenters. The molecule has 26 heavy (non-hydrogen) atoms. The Morgan fingerprint density at radius 3 is 2.81 bits per heavy atom. The van der Waals surface area contributed by atoms with E-state index in [9.17, 15) is 4.79 Å². The van der Waals surface area contributed by atoms with E-state index >= 15 is 0 Å². The van der Waals surface area contributed by atoms with Gasteiger partial charge in [0.05, 0.1) is 15.6 Å². The zero-order chi connectivity index (χ0) is 18.3. The van der Waals surface area contributed by atoms with Crippen LogP contribution < -0.4 is 16.2 Å². The van der Waals surface area contributed by atoms with Crippen molar-refractivity contribution in [2.24, 2.45) is 0 Å². The van der Waals surface area contributed by atoms with Crippen LogP contribution in [0, 0.1) is 0 Å². The fourth-order valence-electron chi connectivity index (χ4n) is 3.02.